The Morgan fingerprint density at radius 2 is 1.89 bits per heavy atom. The van der Waals surface area contributed by atoms with Crippen LogP contribution in [0.3, 0.4) is 0 Å². The molecule has 1 amide bonds. The van der Waals surface area contributed by atoms with E-state index >= 15 is 4.39 Å². The number of carbonyl (C=O) groups is 1. The van der Waals surface area contributed by atoms with Crippen molar-refractivity contribution in [1.29, 1.82) is 0 Å². The van der Waals surface area contributed by atoms with Crippen molar-refractivity contribution in [3.8, 4) is 11.5 Å². The van der Waals surface area contributed by atoms with Crippen LogP contribution in [-0.2, 0) is 22.2 Å². The number of aliphatic hydroxyl groups excluding tert-OH is 3. The molecule has 2 aliphatic rings. The molecule has 0 spiro atoms. The molecule has 37 heavy (non-hydrogen) atoms. The lowest BCUT2D eigenvalue weighted by Crippen LogP contribution is -2.29. The Kier molecular flexibility index (Phi) is 6.22. The molecule has 1 fully saturated rings. The fourth-order valence-electron chi connectivity index (χ4n) is 4.79. The van der Waals surface area contributed by atoms with Crippen LogP contribution in [-0.4, -0.2) is 50.9 Å². The monoisotopic (exact) mass is 534 g/mol. The van der Waals surface area contributed by atoms with Crippen molar-refractivity contribution < 1.29 is 38.4 Å². The van der Waals surface area contributed by atoms with E-state index in [1.807, 2.05) is 23.1 Å². The number of ether oxygens (including phenoxy) is 2. The minimum atomic E-state index is -2.36. The largest absolute Gasteiger partial charge is 0.420 e. The molecular formula is C26H29F2N2O6P. The summed E-state index contributed by atoms with van der Waals surface area (Å²) in [7, 11) is 1.83. The molecule has 2 aromatic carbocycles. The normalized spacial score (nSPS) is 20.8. The number of amides is 1. The molecule has 8 nitrogen and oxygen atoms in total. The number of carbonyl (C=O) groups excluding carboxylic acids is 1. The zero-order valence-electron chi connectivity index (χ0n) is 20.4. The summed E-state index contributed by atoms with van der Waals surface area (Å²) in [5.41, 5.74) is 0.113. The van der Waals surface area contributed by atoms with Gasteiger partial charge in [0.15, 0.2) is 11.5 Å². The molecule has 5 rings (SSSR count). The topological polar surface area (TPSA) is 113 Å². The summed E-state index contributed by atoms with van der Waals surface area (Å²) in [6, 6.07) is 9.36. The van der Waals surface area contributed by atoms with Crippen LogP contribution < -0.4 is 14.8 Å². The maximum Gasteiger partial charge on any atom is 0.418 e. The molecule has 1 aliphatic carbocycles. The van der Waals surface area contributed by atoms with Crippen LogP contribution >= 0.6 is 9.24 Å². The van der Waals surface area contributed by atoms with Gasteiger partial charge in [0.2, 0.25) is 5.91 Å². The Balaban J connectivity index is 1.46. The molecular weight excluding hydrogens is 505 g/mol. The molecule has 1 aliphatic heterocycles. The maximum atomic E-state index is 15.3. The number of halogens is 2. The number of nitrogens with one attached hydrogen (secondary N) is 1. The fraction of sp³-hybridized carbons (Fsp3) is 0.423. The Bertz CT molecular complexity index is 1390. The van der Waals surface area contributed by atoms with Crippen molar-refractivity contribution in [1.82, 2.24) is 4.57 Å². The van der Waals surface area contributed by atoms with E-state index in [0.717, 1.165) is 0 Å². The average molecular weight is 534 g/mol. The van der Waals surface area contributed by atoms with Gasteiger partial charge in [-0.25, -0.2) is 4.39 Å². The van der Waals surface area contributed by atoms with Crippen LogP contribution in [0.15, 0.2) is 36.4 Å². The minimum absolute atomic E-state index is 0.00751. The van der Waals surface area contributed by atoms with E-state index in [4.69, 9.17) is 9.47 Å². The van der Waals surface area contributed by atoms with Crippen molar-refractivity contribution >= 4 is 31.7 Å². The number of aliphatic hydroxyl groups is 3. The van der Waals surface area contributed by atoms with E-state index in [-0.39, 0.29) is 30.3 Å². The maximum absolute atomic E-state index is 15.3. The Morgan fingerprint density at radius 1 is 1.19 bits per heavy atom. The molecule has 198 valence electrons. The first-order valence-corrected chi connectivity index (χ1v) is 12.5. The van der Waals surface area contributed by atoms with Crippen LogP contribution in [0.1, 0.15) is 37.9 Å². The molecule has 1 saturated carbocycles. The number of nitrogens with zero attached hydrogens (tertiary/aromatic N) is 1. The number of anilines is 1. The molecule has 3 atom stereocenters. The summed E-state index contributed by atoms with van der Waals surface area (Å²) >= 11 is 0. The second-order valence-electron chi connectivity index (χ2n) is 10.4. The summed E-state index contributed by atoms with van der Waals surface area (Å²) in [5, 5.41) is 32.6. The minimum Gasteiger partial charge on any atom is -0.420 e. The SMILES string of the molecule is CC(C)(CO)c1cc2cc(NC(=O)C3(c4ccc5c(c4)OC(F)(P)O5)CC3)c(F)cc2n1C[C@@H](O)CO. The van der Waals surface area contributed by atoms with Gasteiger partial charge in [0, 0.05) is 22.6 Å². The first-order valence-electron chi connectivity index (χ1n) is 11.9. The van der Waals surface area contributed by atoms with Gasteiger partial charge >= 0.3 is 5.78 Å². The van der Waals surface area contributed by atoms with Crippen LogP contribution in [0.25, 0.3) is 10.9 Å². The number of alkyl halides is 1. The summed E-state index contributed by atoms with van der Waals surface area (Å²) in [5.74, 6) is -3.00. The fourth-order valence-corrected chi connectivity index (χ4v) is 5.04. The first kappa shape index (κ1) is 25.9. The van der Waals surface area contributed by atoms with Gasteiger partial charge in [-0.3, -0.25) is 4.79 Å². The van der Waals surface area contributed by atoms with Crippen LogP contribution in [0.5, 0.6) is 11.5 Å². The molecule has 3 aromatic rings. The zero-order chi connectivity index (χ0) is 26.8. The molecule has 0 saturated heterocycles. The van der Waals surface area contributed by atoms with E-state index in [9.17, 15) is 24.5 Å². The predicted octanol–water partition coefficient (Wildman–Crippen LogP) is 3.30. The third kappa shape index (κ3) is 4.56. The van der Waals surface area contributed by atoms with Crippen LogP contribution in [0.2, 0.25) is 0 Å². The van der Waals surface area contributed by atoms with Crippen LogP contribution in [0, 0.1) is 5.82 Å². The highest BCUT2D eigenvalue weighted by atomic mass is 31.0. The quantitative estimate of drug-likeness (QED) is 0.330. The van der Waals surface area contributed by atoms with Gasteiger partial charge in [-0.15, -0.1) is 0 Å². The lowest BCUT2D eigenvalue weighted by atomic mass is 9.90. The van der Waals surface area contributed by atoms with Gasteiger partial charge in [-0.05, 0) is 51.9 Å². The molecule has 1 aromatic heterocycles. The smallest absolute Gasteiger partial charge is 0.418 e. The number of aromatic nitrogens is 1. The highest BCUT2D eigenvalue weighted by Crippen LogP contribution is 2.52. The number of hydrogen-bond acceptors (Lipinski definition) is 6. The highest BCUT2D eigenvalue weighted by Gasteiger charge is 2.52. The Morgan fingerprint density at radius 3 is 2.54 bits per heavy atom. The summed E-state index contributed by atoms with van der Waals surface area (Å²) in [6.07, 6.45) is -0.000708. The third-order valence-electron chi connectivity index (χ3n) is 7.11. The van der Waals surface area contributed by atoms with Gasteiger partial charge in [-0.1, -0.05) is 19.9 Å². The number of rotatable bonds is 8. The summed E-state index contributed by atoms with van der Waals surface area (Å²) in [4.78, 5) is 13.3. The standard InChI is InChI=1S/C26H29F2N2O6P/c1-24(2,13-32)22-8-14-7-18(17(27)10-19(14)30(22)11-16(33)12-31)29-23(34)25(5-6-25)15-3-4-20-21(9-15)36-26(28,37)35-20/h3-4,7-10,16,31-33H,5-6,11-13,37H2,1-2H3,(H,29,34)/t16-,26?/m1/s1. The van der Waals surface area contributed by atoms with Crippen molar-refractivity contribution in [2.24, 2.45) is 0 Å². The highest BCUT2D eigenvalue weighted by molar-refractivity contribution is 7.18. The van der Waals surface area contributed by atoms with Gasteiger partial charge in [0.1, 0.15) is 5.82 Å². The third-order valence-corrected chi connectivity index (χ3v) is 7.35. The zero-order valence-corrected chi connectivity index (χ0v) is 21.6. The van der Waals surface area contributed by atoms with E-state index in [2.05, 4.69) is 5.32 Å². The van der Waals surface area contributed by atoms with Crippen molar-refractivity contribution in [3.63, 3.8) is 0 Å². The van der Waals surface area contributed by atoms with E-state index < -0.39 is 41.0 Å². The van der Waals surface area contributed by atoms with E-state index in [0.29, 0.717) is 35.0 Å². The molecule has 4 N–H and O–H groups in total. The van der Waals surface area contributed by atoms with Gasteiger partial charge in [-0.2, -0.15) is 4.39 Å². The van der Waals surface area contributed by atoms with E-state index in [1.54, 1.807) is 28.8 Å². The first-order chi connectivity index (χ1) is 17.4. The van der Waals surface area contributed by atoms with Gasteiger partial charge in [0.25, 0.3) is 0 Å². The predicted molar refractivity (Wildman–Crippen MR) is 136 cm³/mol. The number of hydrogen-bond donors (Lipinski definition) is 4. The second kappa shape index (κ2) is 8.91. The number of fused-ring (bicyclic) bond motifs is 2. The molecule has 0 radical (unpaired) electrons. The van der Waals surface area contributed by atoms with Gasteiger partial charge in [0.05, 0.1) is 42.5 Å². The Hall–Kier alpha value is -2.78. The summed E-state index contributed by atoms with van der Waals surface area (Å²) < 4.78 is 41.2. The van der Waals surface area contributed by atoms with Crippen molar-refractivity contribution in [2.75, 3.05) is 18.5 Å². The summed E-state index contributed by atoms with van der Waals surface area (Å²) in [6.45, 7) is 2.97. The van der Waals surface area contributed by atoms with Gasteiger partial charge < -0.3 is 34.7 Å². The number of benzene rings is 2. The second-order valence-corrected chi connectivity index (χ2v) is 11.1. The molecule has 11 heteroatoms. The van der Waals surface area contributed by atoms with Crippen LogP contribution in [0.4, 0.5) is 14.5 Å². The molecule has 2 unspecified atom stereocenters. The van der Waals surface area contributed by atoms with Crippen molar-refractivity contribution in [3.05, 3.63) is 53.5 Å². The van der Waals surface area contributed by atoms with Crippen molar-refractivity contribution in [2.45, 2.75) is 55.9 Å². The van der Waals surface area contributed by atoms with E-state index in [1.165, 1.54) is 12.1 Å². The molecule has 2 heterocycles. The average Bonchev–Trinajstić information content (AvgIpc) is 3.50. The lowest BCUT2D eigenvalue weighted by Gasteiger charge is -2.25. The Labute approximate surface area is 214 Å². The lowest BCUT2D eigenvalue weighted by molar-refractivity contribution is -0.118. The molecule has 0 bridgehead atoms.